The highest BCUT2D eigenvalue weighted by atomic mass is 35.5. The van der Waals surface area contributed by atoms with Crippen LogP contribution in [0.1, 0.15) is 16.7 Å². The van der Waals surface area contributed by atoms with Crippen LogP contribution in [0.3, 0.4) is 0 Å². The molecule has 5 heteroatoms. The van der Waals surface area contributed by atoms with Gasteiger partial charge in [-0.1, -0.05) is 72.8 Å². The fraction of sp³-hybridized carbons (Fsp3) is 0.0741. The number of nitriles is 1. The van der Waals surface area contributed by atoms with E-state index in [-0.39, 0.29) is 12.4 Å². The molecule has 162 valence electrons. The molecule has 2 N–H and O–H groups in total. The van der Waals surface area contributed by atoms with Crippen molar-refractivity contribution in [3.63, 3.8) is 0 Å². The van der Waals surface area contributed by atoms with Gasteiger partial charge >= 0.3 is 0 Å². The molecule has 0 unspecified atom stereocenters. The zero-order chi connectivity index (χ0) is 21.7. The summed E-state index contributed by atoms with van der Waals surface area (Å²) >= 11 is 0. The summed E-state index contributed by atoms with van der Waals surface area (Å²) in [6.45, 7) is 1.10. The molecule has 4 nitrogen and oxygen atoms in total. The number of nitrogens with two attached hydrogens (primary N) is 1. The maximum Gasteiger partial charge on any atom is 0.121 e. The summed E-state index contributed by atoms with van der Waals surface area (Å²) in [5.41, 5.74) is 9.25. The molecule has 0 fully saturated rings. The highest BCUT2D eigenvalue weighted by Crippen LogP contribution is 2.16. The van der Waals surface area contributed by atoms with E-state index in [1.54, 1.807) is 12.1 Å². The fourth-order valence-electron chi connectivity index (χ4n) is 2.74. The van der Waals surface area contributed by atoms with Gasteiger partial charge in [-0.3, -0.25) is 0 Å². The molecule has 4 rings (SSSR count). The molecule has 0 saturated carbocycles. The average Bonchev–Trinajstić information content (AvgIpc) is 2.83. The van der Waals surface area contributed by atoms with Crippen LogP contribution in [0.25, 0.3) is 0 Å². The molecule has 0 aromatic heterocycles. The molecule has 0 aliphatic heterocycles. The van der Waals surface area contributed by atoms with Crippen molar-refractivity contribution in [1.29, 1.82) is 5.26 Å². The van der Waals surface area contributed by atoms with Crippen molar-refractivity contribution < 1.29 is 9.47 Å². The van der Waals surface area contributed by atoms with E-state index in [4.69, 9.17) is 20.5 Å². The zero-order valence-electron chi connectivity index (χ0n) is 17.6. The second-order valence-electron chi connectivity index (χ2n) is 6.76. The lowest BCUT2D eigenvalue weighted by molar-refractivity contribution is 0.306. The Kier molecular flexibility index (Phi) is 10.2. The van der Waals surface area contributed by atoms with Crippen LogP contribution in [0.5, 0.6) is 11.5 Å². The van der Waals surface area contributed by atoms with Crippen LogP contribution in [0.4, 0.5) is 5.69 Å². The number of nitrogen functional groups attached to an aromatic ring is 1. The predicted octanol–water partition coefficient (Wildman–Crippen LogP) is 6.41. The third-order valence-electron chi connectivity index (χ3n) is 4.32. The van der Waals surface area contributed by atoms with Crippen LogP contribution in [0.15, 0.2) is 109 Å². The van der Waals surface area contributed by atoms with Crippen molar-refractivity contribution in [2.75, 3.05) is 5.73 Å². The Hall–Kier alpha value is -3.94. The van der Waals surface area contributed by atoms with E-state index in [0.29, 0.717) is 18.8 Å². The topological polar surface area (TPSA) is 68.3 Å². The van der Waals surface area contributed by atoms with Crippen molar-refractivity contribution in [2.24, 2.45) is 0 Å². The van der Waals surface area contributed by atoms with E-state index < -0.39 is 0 Å². The first kappa shape index (κ1) is 24.3. The molecule has 0 saturated heterocycles. The first-order valence-electron chi connectivity index (χ1n) is 9.92. The zero-order valence-corrected chi connectivity index (χ0v) is 18.4. The minimum absolute atomic E-state index is 0. The van der Waals surface area contributed by atoms with E-state index in [9.17, 15) is 0 Å². The summed E-state index contributed by atoms with van der Waals surface area (Å²) in [5.74, 6) is 1.53. The van der Waals surface area contributed by atoms with Crippen molar-refractivity contribution in [3.8, 4) is 17.6 Å². The quantitative estimate of drug-likeness (QED) is 0.349. The standard InChI is InChI=1S/C14H11NO.C13H13NO.ClH/c15-10-13-7-4-8-14(9-13)16-11-12-5-2-1-3-6-12;14-12-7-4-8-13(9-12)15-10-11-5-2-1-3-6-11;/h1-9H,11H2;1-9H,10,14H2;1H. The summed E-state index contributed by atoms with van der Waals surface area (Å²) in [6.07, 6.45) is 0. The number of hydrogen-bond donors (Lipinski definition) is 1. The van der Waals surface area contributed by atoms with Gasteiger partial charge in [-0.15, -0.1) is 12.4 Å². The van der Waals surface area contributed by atoms with Gasteiger partial charge in [0.05, 0.1) is 11.6 Å². The fourth-order valence-corrected chi connectivity index (χ4v) is 2.74. The Labute approximate surface area is 195 Å². The molecule has 0 aliphatic carbocycles. The molecule has 0 atom stereocenters. The third-order valence-corrected chi connectivity index (χ3v) is 4.32. The Bertz CT molecular complexity index is 1110. The van der Waals surface area contributed by atoms with Crippen LogP contribution in [0.2, 0.25) is 0 Å². The summed E-state index contributed by atoms with van der Waals surface area (Å²) < 4.78 is 11.2. The number of ether oxygens (including phenoxy) is 2. The lowest BCUT2D eigenvalue weighted by Gasteiger charge is -2.06. The maximum absolute atomic E-state index is 8.74. The number of hydrogen-bond acceptors (Lipinski definition) is 4. The van der Waals surface area contributed by atoms with E-state index in [1.807, 2.05) is 97.1 Å². The van der Waals surface area contributed by atoms with Gasteiger partial charge in [0.25, 0.3) is 0 Å². The van der Waals surface area contributed by atoms with Crippen molar-refractivity contribution >= 4 is 18.1 Å². The first-order chi connectivity index (χ1) is 15.2. The Morgan fingerprint density at radius 3 is 1.62 bits per heavy atom. The van der Waals surface area contributed by atoms with E-state index in [1.165, 1.54) is 0 Å². The summed E-state index contributed by atoms with van der Waals surface area (Å²) in [6, 6.07) is 36.7. The number of halogens is 1. The van der Waals surface area contributed by atoms with E-state index >= 15 is 0 Å². The largest absolute Gasteiger partial charge is 0.489 e. The Morgan fingerprint density at radius 1 is 0.625 bits per heavy atom. The van der Waals surface area contributed by atoms with Crippen molar-refractivity contribution in [3.05, 3.63) is 126 Å². The normalized spacial score (nSPS) is 9.34. The molecule has 0 spiro atoms. The maximum atomic E-state index is 8.74. The number of nitrogens with zero attached hydrogens (tertiary/aromatic N) is 1. The molecule has 4 aromatic rings. The van der Waals surface area contributed by atoms with Gasteiger partial charge in [-0.2, -0.15) is 5.26 Å². The average molecular weight is 445 g/mol. The van der Waals surface area contributed by atoms with E-state index in [0.717, 1.165) is 28.3 Å². The minimum atomic E-state index is 0. The summed E-state index contributed by atoms with van der Waals surface area (Å²) in [4.78, 5) is 0. The molecule has 0 amide bonds. The first-order valence-corrected chi connectivity index (χ1v) is 9.92. The second-order valence-corrected chi connectivity index (χ2v) is 6.76. The SMILES string of the molecule is Cl.N#Cc1cccc(OCc2ccccc2)c1.Nc1cccc(OCc2ccccc2)c1. The number of anilines is 1. The molecule has 0 bridgehead atoms. The smallest absolute Gasteiger partial charge is 0.121 e. The summed E-state index contributed by atoms with van der Waals surface area (Å²) in [7, 11) is 0. The minimum Gasteiger partial charge on any atom is -0.489 e. The number of benzene rings is 4. The van der Waals surface area contributed by atoms with Gasteiger partial charge in [-0.25, -0.2) is 0 Å². The monoisotopic (exact) mass is 444 g/mol. The molecule has 4 aromatic carbocycles. The van der Waals surface area contributed by atoms with Crippen LogP contribution in [-0.2, 0) is 13.2 Å². The Morgan fingerprint density at radius 2 is 1.12 bits per heavy atom. The molecule has 0 aliphatic rings. The lowest BCUT2D eigenvalue weighted by Crippen LogP contribution is -1.95. The van der Waals surface area contributed by atoms with Crippen LogP contribution < -0.4 is 15.2 Å². The second kappa shape index (κ2) is 13.4. The Balaban J connectivity index is 0.000000220. The van der Waals surface area contributed by atoms with Gasteiger partial charge in [0, 0.05) is 11.8 Å². The van der Waals surface area contributed by atoms with Gasteiger partial charge in [0.1, 0.15) is 24.7 Å². The van der Waals surface area contributed by atoms with Crippen molar-refractivity contribution in [2.45, 2.75) is 13.2 Å². The highest BCUT2D eigenvalue weighted by Gasteiger charge is 1.97. The molecular formula is C27H25ClN2O2. The molecule has 32 heavy (non-hydrogen) atoms. The predicted molar refractivity (Wildman–Crippen MR) is 131 cm³/mol. The van der Waals surface area contributed by atoms with Gasteiger partial charge in [-0.05, 0) is 41.5 Å². The van der Waals surface area contributed by atoms with E-state index in [2.05, 4.69) is 6.07 Å². The third kappa shape index (κ3) is 8.43. The van der Waals surface area contributed by atoms with Crippen LogP contribution in [0, 0.1) is 11.3 Å². The number of rotatable bonds is 6. The van der Waals surface area contributed by atoms with Crippen LogP contribution >= 0.6 is 12.4 Å². The molecule has 0 radical (unpaired) electrons. The molecule has 0 heterocycles. The van der Waals surface area contributed by atoms with Gasteiger partial charge < -0.3 is 15.2 Å². The lowest BCUT2D eigenvalue weighted by atomic mass is 10.2. The van der Waals surface area contributed by atoms with Gasteiger partial charge in [0.15, 0.2) is 0 Å². The van der Waals surface area contributed by atoms with Crippen molar-refractivity contribution in [1.82, 2.24) is 0 Å². The van der Waals surface area contributed by atoms with Gasteiger partial charge in [0.2, 0.25) is 0 Å². The highest BCUT2D eigenvalue weighted by molar-refractivity contribution is 5.85. The summed E-state index contributed by atoms with van der Waals surface area (Å²) in [5, 5.41) is 8.74. The van der Waals surface area contributed by atoms with Crippen LogP contribution in [-0.4, -0.2) is 0 Å². The molecular weight excluding hydrogens is 420 g/mol.